The Hall–Kier alpha value is -5.08. The third-order valence-electron chi connectivity index (χ3n) is 8.50. The van der Waals surface area contributed by atoms with Crippen LogP contribution < -0.4 is 20.1 Å². The number of halogens is 1. The zero-order valence-corrected chi connectivity index (χ0v) is 27.2. The van der Waals surface area contributed by atoms with Gasteiger partial charge in [0.1, 0.15) is 5.82 Å². The number of terminal acetylenes is 1. The molecule has 236 valence electrons. The molecule has 3 aromatic heterocycles. The van der Waals surface area contributed by atoms with E-state index in [-0.39, 0.29) is 5.88 Å². The summed E-state index contributed by atoms with van der Waals surface area (Å²) in [6, 6.07) is 8.25. The van der Waals surface area contributed by atoms with Gasteiger partial charge in [0, 0.05) is 47.0 Å². The van der Waals surface area contributed by atoms with E-state index in [9.17, 15) is 4.53 Å². The first-order valence-electron chi connectivity index (χ1n) is 15.0. The number of rotatable bonds is 10. The van der Waals surface area contributed by atoms with E-state index in [2.05, 4.69) is 44.2 Å². The molecule has 6 rings (SSSR count). The van der Waals surface area contributed by atoms with Gasteiger partial charge in [-0.2, -0.15) is 0 Å². The molecule has 2 aliphatic rings. The van der Waals surface area contributed by atoms with E-state index < -0.39 is 0 Å². The number of fused-ring (bicyclic) bond motifs is 3. The second kappa shape index (κ2) is 12.7. The van der Waals surface area contributed by atoms with Crippen LogP contribution in [0.5, 0.6) is 5.88 Å². The van der Waals surface area contributed by atoms with Crippen molar-refractivity contribution in [2.24, 2.45) is 7.05 Å². The van der Waals surface area contributed by atoms with E-state index >= 15 is 0 Å². The molecule has 1 saturated carbocycles. The van der Waals surface area contributed by atoms with Gasteiger partial charge in [-0.25, -0.2) is 4.98 Å². The highest BCUT2D eigenvalue weighted by Gasteiger charge is 2.39. The maximum absolute atomic E-state index is 14.2. The van der Waals surface area contributed by atoms with Gasteiger partial charge in [0.2, 0.25) is 0 Å². The van der Waals surface area contributed by atoms with Crippen molar-refractivity contribution in [3.05, 3.63) is 84.7 Å². The molecule has 0 spiro atoms. The van der Waals surface area contributed by atoms with Crippen LogP contribution in [0.25, 0.3) is 33.4 Å². The topological polar surface area (TPSA) is 72.6 Å². The second-order valence-corrected chi connectivity index (χ2v) is 12.2. The van der Waals surface area contributed by atoms with Crippen LogP contribution >= 0.6 is 11.9 Å². The van der Waals surface area contributed by atoms with Crippen molar-refractivity contribution >= 4 is 40.0 Å². The zero-order valence-electron chi connectivity index (χ0n) is 26.4. The molecule has 0 unspecified atom stereocenters. The zero-order chi connectivity index (χ0) is 32.5. The monoisotopic (exact) mass is 637 g/mol. The number of ether oxygens (including phenoxy) is 1. The molecule has 1 aliphatic carbocycles. The standard InChI is InChI=1S/C35H36FN7O2S/c1-8-10-15-27(9-2)46-43-32(28-21-40(5)39-35(28)45-36)30(24-16-18-25(19-17-24)38-22(3)44-7)31-33-29(20-37-34(31)43)41(6)23(4)42(33)26-13-11-12-14-26/h1,9-10,15-21,26,38H,3-4,11-14H2,2,5-7H3/b15-10-,27-9+. The summed E-state index contributed by atoms with van der Waals surface area (Å²) in [5.41, 5.74) is 6.42. The van der Waals surface area contributed by atoms with Gasteiger partial charge in [-0.1, -0.05) is 43.5 Å². The Balaban J connectivity index is 1.72. The molecule has 4 heterocycles. The largest absolute Gasteiger partial charge is 0.483 e. The van der Waals surface area contributed by atoms with Crippen LogP contribution in [0.3, 0.4) is 0 Å². The number of benzene rings is 1. The third kappa shape index (κ3) is 5.28. The van der Waals surface area contributed by atoms with Gasteiger partial charge >= 0.3 is 0 Å². The third-order valence-corrected chi connectivity index (χ3v) is 9.62. The SMILES string of the molecule is C#C/C=C\C(=C/C)Sn1c(-c2cn(C)nc2OF)c(-c2ccc(NC(=C)OC)cc2)c2c3c(cnc21)N(C)C(=C)N3C1CCCC1. The van der Waals surface area contributed by atoms with E-state index in [1.54, 1.807) is 26.4 Å². The van der Waals surface area contributed by atoms with Crippen molar-refractivity contribution in [1.82, 2.24) is 18.7 Å². The number of methoxy groups -OCH3 is 1. The van der Waals surface area contributed by atoms with Crippen LogP contribution in [0.2, 0.25) is 0 Å². The molecule has 0 radical (unpaired) electrons. The summed E-state index contributed by atoms with van der Waals surface area (Å²) >= 11 is 1.44. The number of aryl methyl sites for hydroxylation is 1. The molecule has 0 amide bonds. The Kier molecular flexibility index (Phi) is 8.56. The highest BCUT2D eigenvalue weighted by atomic mass is 32.2. The van der Waals surface area contributed by atoms with Crippen LogP contribution in [0.15, 0.2) is 84.7 Å². The average Bonchev–Trinajstić information content (AvgIpc) is 3.84. The molecule has 1 aliphatic heterocycles. The number of nitrogens with one attached hydrogen (secondary N) is 1. The number of anilines is 3. The van der Waals surface area contributed by atoms with Gasteiger partial charge in [0.15, 0.2) is 11.5 Å². The molecule has 9 nitrogen and oxygen atoms in total. The molecule has 46 heavy (non-hydrogen) atoms. The fourth-order valence-corrected chi connectivity index (χ4v) is 7.27. The maximum Gasteiger partial charge on any atom is 0.290 e. The van der Waals surface area contributed by atoms with Crippen molar-refractivity contribution in [2.75, 3.05) is 29.3 Å². The first kappa shape index (κ1) is 30.9. The molecule has 1 fully saturated rings. The molecular weight excluding hydrogens is 601 g/mol. The molecular formula is C35H36FN7O2S. The highest BCUT2D eigenvalue weighted by molar-refractivity contribution is 8.02. The summed E-state index contributed by atoms with van der Waals surface area (Å²) in [5.74, 6) is 3.76. The van der Waals surface area contributed by atoms with Crippen LogP contribution in [0.4, 0.5) is 21.6 Å². The molecule has 1 N–H and O–H groups in total. The molecule has 0 bridgehead atoms. The number of allylic oxidation sites excluding steroid dienone is 3. The second-order valence-electron chi connectivity index (χ2n) is 11.2. The molecule has 11 heteroatoms. The Labute approximate surface area is 272 Å². The minimum atomic E-state index is -0.143. The fourth-order valence-electron chi connectivity index (χ4n) is 6.32. The number of aromatic nitrogens is 4. The van der Waals surface area contributed by atoms with E-state index in [1.165, 1.54) is 16.6 Å². The van der Waals surface area contributed by atoms with Gasteiger partial charge in [-0.05, 0) is 68.1 Å². The maximum atomic E-state index is 14.2. The average molecular weight is 638 g/mol. The number of hydrogen-bond donors (Lipinski definition) is 1. The quantitative estimate of drug-likeness (QED) is 0.106. The summed E-state index contributed by atoms with van der Waals surface area (Å²) in [6.07, 6.45) is 19.2. The number of nitrogens with zero attached hydrogens (tertiary/aromatic N) is 6. The predicted molar refractivity (Wildman–Crippen MR) is 186 cm³/mol. The predicted octanol–water partition coefficient (Wildman–Crippen LogP) is 8.16. The minimum absolute atomic E-state index is 0.143. The van der Waals surface area contributed by atoms with E-state index in [1.807, 2.05) is 60.6 Å². The van der Waals surface area contributed by atoms with Crippen molar-refractivity contribution in [3.8, 4) is 40.6 Å². The van der Waals surface area contributed by atoms with Crippen LogP contribution in [-0.4, -0.2) is 38.9 Å². The van der Waals surface area contributed by atoms with Crippen molar-refractivity contribution in [3.63, 3.8) is 0 Å². The number of pyridine rings is 1. The van der Waals surface area contributed by atoms with Crippen LogP contribution in [-0.2, 0) is 11.8 Å². The van der Waals surface area contributed by atoms with Gasteiger partial charge in [0.05, 0.1) is 41.3 Å². The fraction of sp³-hybridized carbons (Fsp3) is 0.257. The van der Waals surface area contributed by atoms with E-state index in [4.69, 9.17) is 16.1 Å². The van der Waals surface area contributed by atoms with Crippen molar-refractivity contribution in [1.29, 1.82) is 0 Å². The van der Waals surface area contributed by atoms with Crippen molar-refractivity contribution in [2.45, 2.75) is 38.6 Å². The Morgan fingerprint density at radius 2 is 1.96 bits per heavy atom. The smallest absolute Gasteiger partial charge is 0.290 e. The van der Waals surface area contributed by atoms with Crippen LogP contribution in [0.1, 0.15) is 32.6 Å². The normalized spacial score (nSPS) is 15.2. The molecule has 0 saturated heterocycles. The van der Waals surface area contributed by atoms with Crippen molar-refractivity contribution < 1.29 is 14.2 Å². The molecule has 0 atom stereocenters. The lowest BCUT2D eigenvalue weighted by atomic mass is 9.98. The molecule has 1 aromatic carbocycles. The lowest BCUT2D eigenvalue weighted by molar-refractivity contribution is -0.0117. The lowest BCUT2D eigenvalue weighted by Gasteiger charge is -2.28. The summed E-state index contributed by atoms with van der Waals surface area (Å²) in [7, 11) is 5.32. The van der Waals surface area contributed by atoms with Gasteiger partial charge in [0.25, 0.3) is 5.88 Å². The highest BCUT2D eigenvalue weighted by Crippen LogP contribution is 2.55. The Morgan fingerprint density at radius 1 is 1.22 bits per heavy atom. The summed E-state index contributed by atoms with van der Waals surface area (Å²) in [6.45, 7) is 10.3. The summed E-state index contributed by atoms with van der Waals surface area (Å²) in [5, 5.41) is 8.36. The number of hydrogen-bond acceptors (Lipinski definition) is 8. The van der Waals surface area contributed by atoms with Gasteiger partial charge in [-0.3, -0.25) is 13.6 Å². The van der Waals surface area contributed by atoms with E-state index in [0.29, 0.717) is 28.8 Å². The molecule has 4 aromatic rings. The van der Waals surface area contributed by atoms with Crippen LogP contribution in [0, 0.1) is 12.3 Å². The summed E-state index contributed by atoms with van der Waals surface area (Å²) < 4.78 is 23.0. The van der Waals surface area contributed by atoms with Gasteiger partial charge in [-0.15, -0.1) is 11.5 Å². The first-order chi connectivity index (χ1) is 22.3. The first-order valence-corrected chi connectivity index (χ1v) is 15.8. The van der Waals surface area contributed by atoms with Gasteiger partial charge < -0.3 is 19.9 Å². The minimum Gasteiger partial charge on any atom is -0.483 e. The summed E-state index contributed by atoms with van der Waals surface area (Å²) in [4.78, 5) is 14.8. The lowest BCUT2D eigenvalue weighted by Crippen LogP contribution is -2.33. The van der Waals surface area contributed by atoms with E-state index in [0.717, 1.165) is 70.0 Å². The Bertz CT molecular complexity index is 1930. The Morgan fingerprint density at radius 3 is 2.61 bits per heavy atom.